The van der Waals surface area contributed by atoms with Crippen molar-refractivity contribution in [2.45, 2.75) is 26.8 Å². The van der Waals surface area contributed by atoms with Crippen molar-refractivity contribution in [1.29, 1.82) is 0 Å². The molecule has 1 aromatic carbocycles. The van der Waals surface area contributed by atoms with Crippen LogP contribution >= 0.6 is 0 Å². The first-order chi connectivity index (χ1) is 9.15. The number of aryl methyl sites for hydroxylation is 1. The van der Waals surface area contributed by atoms with Crippen LogP contribution in [0.25, 0.3) is 10.9 Å². The number of rotatable bonds is 2. The summed E-state index contributed by atoms with van der Waals surface area (Å²) in [5.74, 6) is 0. The Bertz CT molecular complexity index is 562. The van der Waals surface area contributed by atoms with Crippen LogP contribution in [0.4, 0.5) is 5.69 Å². The number of hydrogen-bond acceptors (Lipinski definition) is 2. The molecule has 0 bridgehead atoms. The number of benzene rings is 1. The molecule has 102 valence electrons. The van der Waals surface area contributed by atoms with Crippen LogP contribution in [0.5, 0.6) is 0 Å². The topological polar surface area (TPSA) is 22.3 Å². The van der Waals surface area contributed by atoms with Crippen LogP contribution in [0.3, 0.4) is 0 Å². The molecular weight excluding hydrogens is 234 g/mol. The molecule has 3 rings (SSSR count). The molecule has 1 fully saturated rings. The van der Waals surface area contributed by atoms with E-state index in [-0.39, 0.29) is 0 Å². The Morgan fingerprint density at radius 3 is 2.53 bits per heavy atom. The minimum Gasteiger partial charge on any atom is -0.368 e. The molecule has 0 aliphatic carbocycles. The number of hydrogen-bond donors (Lipinski definition) is 1. The van der Waals surface area contributed by atoms with Gasteiger partial charge in [-0.1, -0.05) is 0 Å². The summed E-state index contributed by atoms with van der Waals surface area (Å²) in [6, 6.07) is 7.40. The molecule has 2 aromatic rings. The number of nitrogens with zero attached hydrogens (tertiary/aromatic N) is 2. The SMILES string of the molecule is Cc1cc(N2CCN(C(C)C)CC2)c2cc[nH]c2c1. The first kappa shape index (κ1) is 12.5. The van der Waals surface area contributed by atoms with E-state index in [9.17, 15) is 0 Å². The summed E-state index contributed by atoms with van der Waals surface area (Å²) in [5.41, 5.74) is 3.97. The molecule has 0 saturated carbocycles. The van der Waals surface area contributed by atoms with Crippen LogP contribution in [0.15, 0.2) is 24.4 Å². The van der Waals surface area contributed by atoms with Gasteiger partial charge in [-0.05, 0) is 44.5 Å². The number of aromatic nitrogens is 1. The number of fused-ring (bicyclic) bond motifs is 1. The van der Waals surface area contributed by atoms with Gasteiger partial charge in [0.1, 0.15) is 0 Å². The molecule has 1 saturated heterocycles. The molecule has 1 aliphatic heterocycles. The number of H-pyrrole nitrogens is 1. The first-order valence-corrected chi connectivity index (χ1v) is 7.22. The summed E-state index contributed by atoms with van der Waals surface area (Å²) in [7, 11) is 0. The fraction of sp³-hybridized carbons (Fsp3) is 0.500. The van der Waals surface area contributed by atoms with Gasteiger partial charge in [0.2, 0.25) is 0 Å². The molecule has 1 N–H and O–H groups in total. The predicted molar refractivity (Wildman–Crippen MR) is 82.0 cm³/mol. The van der Waals surface area contributed by atoms with E-state index in [4.69, 9.17) is 0 Å². The van der Waals surface area contributed by atoms with E-state index >= 15 is 0 Å². The average Bonchev–Trinajstić information content (AvgIpc) is 2.85. The third-order valence-electron chi connectivity index (χ3n) is 4.18. The lowest BCUT2D eigenvalue weighted by atomic mass is 10.1. The standard InChI is InChI=1S/C16H23N3/c1-12(2)18-6-8-19(9-7-18)16-11-13(3)10-15-14(16)4-5-17-15/h4-5,10-12,17H,6-9H2,1-3H3. The molecule has 1 aliphatic rings. The monoisotopic (exact) mass is 257 g/mol. The fourth-order valence-electron chi connectivity index (χ4n) is 3.03. The molecule has 0 radical (unpaired) electrons. The van der Waals surface area contributed by atoms with Gasteiger partial charge in [0.15, 0.2) is 0 Å². The normalized spacial score (nSPS) is 17.6. The van der Waals surface area contributed by atoms with Gasteiger partial charge in [-0.15, -0.1) is 0 Å². The molecule has 19 heavy (non-hydrogen) atoms. The van der Waals surface area contributed by atoms with Crippen molar-refractivity contribution in [2.24, 2.45) is 0 Å². The molecule has 3 heteroatoms. The van der Waals surface area contributed by atoms with Gasteiger partial charge in [-0.25, -0.2) is 0 Å². The Kier molecular flexibility index (Phi) is 3.23. The van der Waals surface area contributed by atoms with Crippen molar-refractivity contribution in [3.63, 3.8) is 0 Å². The highest BCUT2D eigenvalue weighted by Gasteiger charge is 2.20. The van der Waals surface area contributed by atoms with Crippen LogP contribution in [0.1, 0.15) is 19.4 Å². The van der Waals surface area contributed by atoms with Crippen LogP contribution in [0, 0.1) is 6.92 Å². The second-order valence-electron chi connectivity index (χ2n) is 5.84. The molecule has 0 atom stereocenters. The number of nitrogens with one attached hydrogen (secondary N) is 1. The fourth-order valence-corrected chi connectivity index (χ4v) is 3.03. The summed E-state index contributed by atoms with van der Waals surface area (Å²) in [6.45, 7) is 11.3. The molecule has 3 nitrogen and oxygen atoms in total. The lowest BCUT2D eigenvalue weighted by molar-refractivity contribution is 0.209. The molecule has 0 amide bonds. The smallest absolute Gasteiger partial charge is 0.0477 e. The van der Waals surface area contributed by atoms with Crippen molar-refractivity contribution < 1.29 is 0 Å². The van der Waals surface area contributed by atoms with Gasteiger partial charge < -0.3 is 9.88 Å². The average molecular weight is 257 g/mol. The highest BCUT2D eigenvalue weighted by Crippen LogP contribution is 2.29. The minimum absolute atomic E-state index is 0.659. The summed E-state index contributed by atoms with van der Waals surface area (Å²) in [6.07, 6.45) is 2.04. The third kappa shape index (κ3) is 2.35. The second-order valence-corrected chi connectivity index (χ2v) is 5.84. The lowest BCUT2D eigenvalue weighted by Crippen LogP contribution is -2.48. The van der Waals surface area contributed by atoms with E-state index < -0.39 is 0 Å². The quantitative estimate of drug-likeness (QED) is 0.893. The molecule has 0 spiro atoms. The van der Waals surface area contributed by atoms with Crippen LogP contribution in [-0.2, 0) is 0 Å². The van der Waals surface area contributed by atoms with Crippen LogP contribution < -0.4 is 4.90 Å². The van der Waals surface area contributed by atoms with Gasteiger partial charge in [0, 0.05) is 55.0 Å². The van der Waals surface area contributed by atoms with Gasteiger partial charge in [-0.2, -0.15) is 0 Å². The maximum Gasteiger partial charge on any atom is 0.0477 e. The van der Waals surface area contributed by atoms with E-state index in [0.29, 0.717) is 6.04 Å². The maximum atomic E-state index is 3.33. The summed E-state index contributed by atoms with van der Waals surface area (Å²) in [4.78, 5) is 8.42. The Balaban J connectivity index is 1.87. The number of aromatic amines is 1. The molecular formula is C16H23N3. The largest absolute Gasteiger partial charge is 0.368 e. The highest BCUT2D eigenvalue weighted by molar-refractivity contribution is 5.93. The molecule has 2 heterocycles. The lowest BCUT2D eigenvalue weighted by Gasteiger charge is -2.38. The molecule has 1 aromatic heterocycles. The number of piperazine rings is 1. The van der Waals surface area contributed by atoms with Gasteiger partial charge in [0.05, 0.1) is 0 Å². The maximum absolute atomic E-state index is 3.33. The van der Waals surface area contributed by atoms with E-state index in [1.807, 2.05) is 6.20 Å². The van der Waals surface area contributed by atoms with Crippen LogP contribution in [0.2, 0.25) is 0 Å². The van der Waals surface area contributed by atoms with Crippen molar-refractivity contribution in [2.75, 3.05) is 31.1 Å². The van der Waals surface area contributed by atoms with Crippen molar-refractivity contribution in [3.05, 3.63) is 30.0 Å². The Labute approximate surface area is 115 Å². The van der Waals surface area contributed by atoms with E-state index in [1.54, 1.807) is 0 Å². The Hall–Kier alpha value is -1.48. The van der Waals surface area contributed by atoms with E-state index in [1.165, 1.54) is 22.2 Å². The molecule has 0 unspecified atom stereocenters. The zero-order valence-electron chi connectivity index (χ0n) is 12.1. The third-order valence-corrected chi connectivity index (χ3v) is 4.18. The van der Waals surface area contributed by atoms with Gasteiger partial charge in [0.25, 0.3) is 0 Å². The summed E-state index contributed by atoms with van der Waals surface area (Å²) >= 11 is 0. The van der Waals surface area contributed by atoms with E-state index in [0.717, 1.165) is 26.2 Å². The van der Waals surface area contributed by atoms with Crippen molar-refractivity contribution in [1.82, 2.24) is 9.88 Å². The zero-order valence-corrected chi connectivity index (χ0v) is 12.1. The number of anilines is 1. The van der Waals surface area contributed by atoms with Crippen molar-refractivity contribution >= 4 is 16.6 Å². The first-order valence-electron chi connectivity index (χ1n) is 7.22. The van der Waals surface area contributed by atoms with Crippen molar-refractivity contribution in [3.8, 4) is 0 Å². The van der Waals surface area contributed by atoms with Gasteiger partial charge >= 0.3 is 0 Å². The summed E-state index contributed by atoms with van der Waals surface area (Å²) in [5, 5.41) is 1.35. The summed E-state index contributed by atoms with van der Waals surface area (Å²) < 4.78 is 0. The van der Waals surface area contributed by atoms with Crippen LogP contribution in [-0.4, -0.2) is 42.1 Å². The second kappa shape index (κ2) is 4.89. The minimum atomic E-state index is 0.659. The van der Waals surface area contributed by atoms with E-state index in [2.05, 4.69) is 53.8 Å². The Morgan fingerprint density at radius 1 is 1.11 bits per heavy atom. The Morgan fingerprint density at radius 2 is 1.84 bits per heavy atom. The zero-order chi connectivity index (χ0) is 13.4. The van der Waals surface area contributed by atoms with Gasteiger partial charge in [-0.3, -0.25) is 4.90 Å². The predicted octanol–water partition coefficient (Wildman–Crippen LogP) is 3.01. The highest BCUT2D eigenvalue weighted by atomic mass is 15.3.